The number of aliphatic hydroxyl groups is 1. The van der Waals surface area contributed by atoms with Crippen molar-refractivity contribution < 1.29 is 9.84 Å². The van der Waals surface area contributed by atoms with E-state index in [-0.39, 0.29) is 12.1 Å². The Morgan fingerprint density at radius 1 is 1.44 bits per heavy atom. The van der Waals surface area contributed by atoms with Crippen molar-refractivity contribution in [2.75, 3.05) is 13.2 Å². The van der Waals surface area contributed by atoms with Crippen LogP contribution in [0.2, 0.25) is 0 Å². The van der Waals surface area contributed by atoms with E-state index in [4.69, 9.17) is 4.74 Å². The van der Waals surface area contributed by atoms with Gasteiger partial charge in [0, 0.05) is 12.1 Å². The van der Waals surface area contributed by atoms with Crippen LogP contribution in [0.1, 0.15) is 20.3 Å². The van der Waals surface area contributed by atoms with Crippen LogP contribution in [0, 0.1) is 6.92 Å². The Morgan fingerprint density at radius 3 is 2.72 bits per heavy atom. The highest BCUT2D eigenvalue weighted by Gasteiger charge is 2.16. The second kappa shape index (κ2) is 7.12. The highest BCUT2D eigenvalue weighted by molar-refractivity contribution is 9.10. The highest BCUT2D eigenvalue weighted by Crippen LogP contribution is 2.23. The fourth-order valence-corrected chi connectivity index (χ4v) is 1.69. The van der Waals surface area contributed by atoms with Gasteiger partial charge in [0.15, 0.2) is 0 Å². The average molecular weight is 315 g/mol. The van der Waals surface area contributed by atoms with Crippen molar-refractivity contribution in [2.24, 2.45) is 0 Å². The van der Waals surface area contributed by atoms with Crippen molar-refractivity contribution in [3.8, 4) is 5.75 Å². The predicted octanol–water partition coefficient (Wildman–Crippen LogP) is 2.78. The molecule has 1 aromatic rings. The number of para-hydroxylation sites is 1. The third-order valence-corrected chi connectivity index (χ3v) is 3.36. The minimum absolute atomic E-state index is 0.0612. The molecule has 101 valence electrons. The van der Waals surface area contributed by atoms with Crippen molar-refractivity contribution in [1.82, 2.24) is 5.32 Å². The van der Waals surface area contributed by atoms with Gasteiger partial charge in [-0.25, -0.2) is 0 Å². The third-order valence-electron chi connectivity index (χ3n) is 2.71. The Morgan fingerprint density at radius 2 is 2.11 bits per heavy atom. The molecule has 1 aromatic carbocycles. The minimum Gasteiger partial charge on any atom is -0.490 e. The first-order chi connectivity index (χ1) is 8.44. The van der Waals surface area contributed by atoms with Crippen LogP contribution in [0.4, 0.5) is 0 Å². The van der Waals surface area contributed by atoms with Gasteiger partial charge in [0.1, 0.15) is 18.5 Å². The maximum absolute atomic E-state index is 9.84. The summed E-state index contributed by atoms with van der Waals surface area (Å²) in [4.78, 5) is 0. The predicted molar refractivity (Wildman–Crippen MR) is 77.7 cm³/mol. The van der Waals surface area contributed by atoms with Crippen LogP contribution in [0.3, 0.4) is 0 Å². The fraction of sp³-hybridized carbons (Fsp3) is 0.500. The van der Waals surface area contributed by atoms with E-state index in [1.807, 2.05) is 24.3 Å². The molecule has 0 fully saturated rings. The molecule has 0 bridgehead atoms. The Balaban J connectivity index is 2.34. The normalized spacial score (nSPS) is 13.4. The van der Waals surface area contributed by atoms with Crippen LogP contribution in [-0.4, -0.2) is 29.9 Å². The lowest BCUT2D eigenvalue weighted by Crippen LogP contribution is -2.44. The third kappa shape index (κ3) is 5.38. The number of benzene rings is 1. The molecule has 18 heavy (non-hydrogen) atoms. The summed E-state index contributed by atoms with van der Waals surface area (Å²) in [5, 5.41) is 13.1. The van der Waals surface area contributed by atoms with E-state index in [1.54, 1.807) is 0 Å². The lowest BCUT2D eigenvalue weighted by atomic mass is 10.0. The molecule has 1 atom stereocenters. The summed E-state index contributed by atoms with van der Waals surface area (Å²) in [5.41, 5.74) is -0.0612. The van der Waals surface area contributed by atoms with Crippen LogP contribution in [0.5, 0.6) is 5.75 Å². The van der Waals surface area contributed by atoms with Gasteiger partial charge in [-0.05, 0) is 48.3 Å². The van der Waals surface area contributed by atoms with Gasteiger partial charge in [0.2, 0.25) is 0 Å². The summed E-state index contributed by atoms with van der Waals surface area (Å²) < 4.78 is 6.44. The van der Waals surface area contributed by atoms with E-state index in [1.165, 1.54) is 0 Å². The van der Waals surface area contributed by atoms with E-state index in [0.717, 1.165) is 16.6 Å². The molecule has 0 saturated heterocycles. The minimum atomic E-state index is -0.539. The molecule has 0 aliphatic heterocycles. The van der Waals surface area contributed by atoms with Gasteiger partial charge in [0.05, 0.1) is 4.47 Å². The summed E-state index contributed by atoms with van der Waals surface area (Å²) in [6.45, 7) is 8.73. The van der Waals surface area contributed by atoms with Gasteiger partial charge < -0.3 is 15.2 Å². The molecular formula is C14H21BrNO2. The molecule has 0 heterocycles. The van der Waals surface area contributed by atoms with Gasteiger partial charge in [-0.15, -0.1) is 0 Å². The van der Waals surface area contributed by atoms with Crippen molar-refractivity contribution in [1.29, 1.82) is 0 Å². The van der Waals surface area contributed by atoms with Gasteiger partial charge in [-0.2, -0.15) is 0 Å². The Kier molecular flexibility index (Phi) is 6.12. The molecule has 0 aliphatic rings. The molecule has 1 rings (SSSR count). The van der Waals surface area contributed by atoms with Gasteiger partial charge in [-0.1, -0.05) is 19.1 Å². The molecule has 0 saturated carbocycles. The molecule has 2 N–H and O–H groups in total. The Bertz CT molecular complexity index is 369. The van der Waals surface area contributed by atoms with Crippen LogP contribution < -0.4 is 10.1 Å². The number of aliphatic hydroxyl groups excluding tert-OH is 1. The smallest absolute Gasteiger partial charge is 0.133 e. The maximum Gasteiger partial charge on any atom is 0.133 e. The zero-order chi connectivity index (χ0) is 13.6. The second-order valence-corrected chi connectivity index (χ2v) is 5.76. The zero-order valence-electron chi connectivity index (χ0n) is 10.9. The molecule has 3 nitrogen and oxygen atoms in total. The van der Waals surface area contributed by atoms with Crippen LogP contribution in [-0.2, 0) is 0 Å². The molecule has 1 unspecified atom stereocenters. The number of hydrogen-bond donors (Lipinski definition) is 2. The van der Waals surface area contributed by atoms with Gasteiger partial charge in [-0.3, -0.25) is 0 Å². The van der Waals surface area contributed by atoms with Gasteiger partial charge >= 0.3 is 0 Å². The first-order valence-electron chi connectivity index (χ1n) is 6.04. The first kappa shape index (κ1) is 15.5. The molecule has 4 heteroatoms. The zero-order valence-corrected chi connectivity index (χ0v) is 12.5. The summed E-state index contributed by atoms with van der Waals surface area (Å²) in [6.07, 6.45) is 0.230. The maximum atomic E-state index is 9.84. The summed E-state index contributed by atoms with van der Waals surface area (Å²) in [7, 11) is 0. The van der Waals surface area contributed by atoms with Gasteiger partial charge in [0.25, 0.3) is 0 Å². The largest absolute Gasteiger partial charge is 0.490 e. The quantitative estimate of drug-likeness (QED) is 0.813. The van der Waals surface area contributed by atoms with E-state index in [9.17, 15) is 5.11 Å². The Hall–Kier alpha value is -0.580. The first-order valence-corrected chi connectivity index (χ1v) is 6.83. The number of rotatable bonds is 7. The second-order valence-electron chi connectivity index (χ2n) is 4.91. The number of nitrogens with one attached hydrogen (secondary N) is 1. The number of ether oxygens (including phenoxy) is 1. The Labute approximate surface area is 118 Å². The summed E-state index contributed by atoms with van der Waals surface area (Å²) in [6, 6.07) is 7.60. The molecular weight excluding hydrogens is 294 g/mol. The molecule has 0 spiro atoms. The van der Waals surface area contributed by atoms with Crippen LogP contribution in [0.15, 0.2) is 28.7 Å². The van der Waals surface area contributed by atoms with E-state index in [2.05, 4.69) is 42.0 Å². The number of hydrogen-bond acceptors (Lipinski definition) is 3. The average Bonchev–Trinajstić information content (AvgIpc) is 2.35. The van der Waals surface area contributed by atoms with Crippen molar-refractivity contribution in [2.45, 2.75) is 31.9 Å². The van der Waals surface area contributed by atoms with Crippen molar-refractivity contribution in [3.05, 3.63) is 35.7 Å². The molecule has 0 amide bonds. The fourth-order valence-electron chi connectivity index (χ4n) is 1.29. The lowest BCUT2D eigenvalue weighted by molar-refractivity contribution is 0.0986. The van der Waals surface area contributed by atoms with E-state index in [0.29, 0.717) is 6.54 Å². The monoisotopic (exact) mass is 314 g/mol. The van der Waals surface area contributed by atoms with E-state index < -0.39 is 6.10 Å². The van der Waals surface area contributed by atoms with Crippen molar-refractivity contribution >= 4 is 15.9 Å². The SMILES string of the molecule is [CH2]CC(C)(C)NCC(O)COc1ccccc1Br. The topological polar surface area (TPSA) is 41.5 Å². The standard InChI is InChI=1S/C14H21BrNO2/c1-4-14(2,3)16-9-11(17)10-18-13-8-6-5-7-12(13)15/h5-8,11,16-17H,1,4,9-10H2,2-3H3. The number of halogens is 1. The molecule has 1 radical (unpaired) electrons. The van der Waals surface area contributed by atoms with Crippen LogP contribution >= 0.6 is 15.9 Å². The molecule has 0 aromatic heterocycles. The summed E-state index contributed by atoms with van der Waals surface area (Å²) in [5.74, 6) is 0.743. The number of β-amino-alcohol motifs (C(OH)–C–C–N with tert-alkyl or cyclic N) is 1. The summed E-state index contributed by atoms with van der Waals surface area (Å²) >= 11 is 3.40. The van der Waals surface area contributed by atoms with Crippen molar-refractivity contribution in [3.63, 3.8) is 0 Å². The van der Waals surface area contributed by atoms with E-state index >= 15 is 0 Å². The highest BCUT2D eigenvalue weighted by atomic mass is 79.9. The lowest BCUT2D eigenvalue weighted by Gasteiger charge is -2.26. The molecule has 0 aliphatic carbocycles. The van der Waals surface area contributed by atoms with Crippen LogP contribution in [0.25, 0.3) is 0 Å².